The Morgan fingerprint density at radius 3 is 2.48 bits per heavy atom. The quantitative estimate of drug-likeness (QED) is 0.417. The predicted molar refractivity (Wildman–Crippen MR) is 108 cm³/mol. The van der Waals surface area contributed by atoms with E-state index in [0.29, 0.717) is 16.8 Å². The lowest BCUT2D eigenvalue weighted by Gasteiger charge is -2.12. The van der Waals surface area contributed by atoms with Crippen LogP contribution in [0.3, 0.4) is 0 Å². The molecule has 5 nitrogen and oxygen atoms in total. The summed E-state index contributed by atoms with van der Waals surface area (Å²) in [5, 5.41) is 1.36. The molecular formula is C20H19ClN2O3S. The fraction of sp³-hybridized carbons (Fsp3) is 0.200. The van der Waals surface area contributed by atoms with Gasteiger partial charge in [0.25, 0.3) is 0 Å². The number of ether oxygens (including phenoxy) is 2. The SMILES string of the molecule is CCOC(=O)CSc1ncc(-c2ccc(OC)cc2)n1-c1ccc(Cl)cc1. The highest BCUT2D eigenvalue weighted by atomic mass is 35.5. The second-order valence-electron chi connectivity index (χ2n) is 5.56. The fourth-order valence-corrected chi connectivity index (χ4v) is 3.48. The molecule has 0 saturated heterocycles. The zero-order chi connectivity index (χ0) is 19.2. The van der Waals surface area contributed by atoms with Crippen molar-refractivity contribution in [3.8, 4) is 22.7 Å². The van der Waals surface area contributed by atoms with Crippen LogP contribution in [0.25, 0.3) is 16.9 Å². The highest BCUT2D eigenvalue weighted by molar-refractivity contribution is 7.99. The average Bonchev–Trinajstić information content (AvgIpc) is 3.11. The molecule has 0 aliphatic carbocycles. The van der Waals surface area contributed by atoms with Gasteiger partial charge in [-0.25, -0.2) is 4.98 Å². The third kappa shape index (κ3) is 4.64. The summed E-state index contributed by atoms with van der Waals surface area (Å²) in [6.45, 7) is 2.15. The summed E-state index contributed by atoms with van der Waals surface area (Å²) < 4.78 is 12.2. The second kappa shape index (κ2) is 8.97. The molecule has 0 radical (unpaired) electrons. The number of esters is 1. The first-order chi connectivity index (χ1) is 13.1. The number of carbonyl (C=O) groups is 1. The van der Waals surface area contributed by atoms with E-state index in [1.54, 1.807) is 20.2 Å². The van der Waals surface area contributed by atoms with Crippen molar-refractivity contribution in [3.05, 3.63) is 59.8 Å². The van der Waals surface area contributed by atoms with Gasteiger partial charge in [0.1, 0.15) is 5.75 Å². The van der Waals surface area contributed by atoms with E-state index < -0.39 is 0 Å². The van der Waals surface area contributed by atoms with Crippen molar-refractivity contribution in [1.29, 1.82) is 0 Å². The lowest BCUT2D eigenvalue weighted by Crippen LogP contribution is -2.08. The van der Waals surface area contributed by atoms with E-state index in [9.17, 15) is 4.79 Å². The van der Waals surface area contributed by atoms with Crippen molar-refractivity contribution in [2.75, 3.05) is 19.5 Å². The van der Waals surface area contributed by atoms with Gasteiger partial charge in [0.2, 0.25) is 0 Å². The predicted octanol–water partition coefficient (Wildman–Crippen LogP) is 4.86. The van der Waals surface area contributed by atoms with Crippen LogP contribution in [0.15, 0.2) is 59.9 Å². The zero-order valence-electron chi connectivity index (χ0n) is 15.0. The van der Waals surface area contributed by atoms with Crippen LogP contribution in [0.1, 0.15) is 6.92 Å². The molecular weight excluding hydrogens is 384 g/mol. The highest BCUT2D eigenvalue weighted by Gasteiger charge is 2.16. The summed E-state index contributed by atoms with van der Waals surface area (Å²) in [5.74, 6) is 0.716. The Kier molecular flexibility index (Phi) is 6.42. The van der Waals surface area contributed by atoms with Gasteiger partial charge in [-0.05, 0) is 55.5 Å². The van der Waals surface area contributed by atoms with E-state index >= 15 is 0 Å². The van der Waals surface area contributed by atoms with Crippen LogP contribution in [-0.2, 0) is 9.53 Å². The molecule has 7 heteroatoms. The number of halogens is 1. The number of hydrogen-bond donors (Lipinski definition) is 0. The molecule has 0 N–H and O–H groups in total. The Hall–Kier alpha value is -2.44. The maximum absolute atomic E-state index is 11.7. The third-order valence-corrected chi connectivity index (χ3v) is 5.00. The van der Waals surface area contributed by atoms with Gasteiger partial charge in [0.15, 0.2) is 5.16 Å². The number of benzene rings is 2. The molecule has 3 rings (SSSR count). The molecule has 0 atom stereocenters. The molecule has 0 saturated carbocycles. The maximum Gasteiger partial charge on any atom is 0.316 e. The largest absolute Gasteiger partial charge is 0.497 e. The number of imidazole rings is 1. The molecule has 0 aliphatic heterocycles. The molecule has 1 heterocycles. The molecule has 0 bridgehead atoms. The Morgan fingerprint density at radius 1 is 1.15 bits per heavy atom. The van der Waals surface area contributed by atoms with Crippen LogP contribution in [0.4, 0.5) is 0 Å². The Morgan fingerprint density at radius 2 is 1.85 bits per heavy atom. The standard InChI is InChI=1S/C20H19ClN2O3S/c1-3-26-19(24)13-27-20-22-12-18(14-4-10-17(25-2)11-5-14)23(20)16-8-6-15(21)7-9-16/h4-12H,3,13H2,1-2H3. The number of carbonyl (C=O) groups excluding carboxylic acids is 1. The molecule has 1 aromatic heterocycles. The number of nitrogens with zero attached hydrogens (tertiary/aromatic N) is 2. The van der Waals surface area contributed by atoms with Gasteiger partial charge in [-0.1, -0.05) is 23.4 Å². The Bertz CT molecular complexity index is 908. The first-order valence-corrected chi connectivity index (χ1v) is 9.75. The second-order valence-corrected chi connectivity index (χ2v) is 6.94. The van der Waals surface area contributed by atoms with Crippen molar-refractivity contribution < 1.29 is 14.3 Å². The molecule has 0 unspecified atom stereocenters. The van der Waals surface area contributed by atoms with E-state index in [2.05, 4.69) is 4.98 Å². The molecule has 2 aromatic carbocycles. The summed E-state index contributed by atoms with van der Waals surface area (Å²) in [6.07, 6.45) is 1.80. The van der Waals surface area contributed by atoms with E-state index in [4.69, 9.17) is 21.1 Å². The van der Waals surface area contributed by atoms with Crippen molar-refractivity contribution in [2.45, 2.75) is 12.1 Å². The van der Waals surface area contributed by atoms with Crippen LogP contribution in [0.5, 0.6) is 5.75 Å². The average molecular weight is 403 g/mol. The van der Waals surface area contributed by atoms with E-state index in [-0.39, 0.29) is 11.7 Å². The molecule has 0 amide bonds. The van der Waals surface area contributed by atoms with Crippen molar-refractivity contribution in [1.82, 2.24) is 9.55 Å². The topological polar surface area (TPSA) is 53.4 Å². The van der Waals surface area contributed by atoms with Crippen molar-refractivity contribution in [2.24, 2.45) is 0 Å². The molecule has 27 heavy (non-hydrogen) atoms. The molecule has 0 fully saturated rings. The van der Waals surface area contributed by atoms with Crippen LogP contribution < -0.4 is 4.74 Å². The minimum Gasteiger partial charge on any atom is -0.497 e. The van der Waals surface area contributed by atoms with Crippen LogP contribution in [-0.4, -0.2) is 35.0 Å². The number of thioether (sulfide) groups is 1. The summed E-state index contributed by atoms with van der Waals surface area (Å²) in [7, 11) is 1.64. The Labute approximate surface area is 167 Å². The number of rotatable bonds is 7. The summed E-state index contributed by atoms with van der Waals surface area (Å²) in [6, 6.07) is 15.3. The van der Waals surface area contributed by atoms with Gasteiger partial charge in [-0.3, -0.25) is 9.36 Å². The van der Waals surface area contributed by atoms with Gasteiger partial charge in [-0.2, -0.15) is 0 Å². The third-order valence-electron chi connectivity index (χ3n) is 3.82. The Balaban J connectivity index is 1.99. The summed E-state index contributed by atoms with van der Waals surface area (Å²) >= 11 is 7.37. The molecule has 140 valence electrons. The lowest BCUT2D eigenvalue weighted by atomic mass is 10.1. The minimum absolute atomic E-state index is 0.195. The van der Waals surface area contributed by atoms with Crippen LogP contribution >= 0.6 is 23.4 Å². The van der Waals surface area contributed by atoms with Gasteiger partial charge < -0.3 is 9.47 Å². The maximum atomic E-state index is 11.7. The van der Waals surface area contributed by atoms with Crippen LogP contribution in [0.2, 0.25) is 5.02 Å². The lowest BCUT2D eigenvalue weighted by molar-refractivity contribution is -0.139. The molecule has 0 aliphatic rings. The number of aromatic nitrogens is 2. The monoisotopic (exact) mass is 402 g/mol. The summed E-state index contributed by atoms with van der Waals surface area (Å²) in [4.78, 5) is 16.3. The minimum atomic E-state index is -0.265. The van der Waals surface area contributed by atoms with E-state index in [1.165, 1.54) is 11.8 Å². The van der Waals surface area contributed by atoms with Crippen molar-refractivity contribution in [3.63, 3.8) is 0 Å². The smallest absolute Gasteiger partial charge is 0.316 e. The van der Waals surface area contributed by atoms with Gasteiger partial charge in [0.05, 0.1) is 31.4 Å². The van der Waals surface area contributed by atoms with E-state index in [0.717, 1.165) is 22.7 Å². The highest BCUT2D eigenvalue weighted by Crippen LogP contribution is 2.31. The fourth-order valence-electron chi connectivity index (χ4n) is 2.57. The normalized spacial score (nSPS) is 10.6. The van der Waals surface area contributed by atoms with Gasteiger partial charge in [-0.15, -0.1) is 0 Å². The first-order valence-electron chi connectivity index (χ1n) is 8.39. The number of hydrogen-bond acceptors (Lipinski definition) is 5. The van der Waals surface area contributed by atoms with Crippen molar-refractivity contribution >= 4 is 29.3 Å². The van der Waals surface area contributed by atoms with Gasteiger partial charge in [0, 0.05) is 16.3 Å². The zero-order valence-corrected chi connectivity index (χ0v) is 16.6. The van der Waals surface area contributed by atoms with E-state index in [1.807, 2.05) is 53.1 Å². The number of methoxy groups -OCH3 is 1. The molecule has 0 spiro atoms. The summed E-state index contributed by atoms with van der Waals surface area (Å²) in [5.41, 5.74) is 2.81. The molecule has 3 aromatic rings. The van der Waals surface area contributed by atoms with Gasteiger partial charge >= 0.3 is 5.97 Å². The first kappa shape index (κ1) is 19.3. The van der Waals surface area contributed by atoms with Crippen LogP contribution in [0, 0.1) is 0 Å².